The first kappa shape index (κ1) is 22.5. The highest BCUT2D eigenvalue weighted by atomic mass is 32.2. The number of para-hydroxylation sites is 1. The molecular formula is C24H32N2O3S. The van der Waals surface area contributed by atoms with E-state index in [0.717, 1.165) is 48.1 Å². The average Bonchev–Trinajstić information content (AvgIpc) is 2.99. The number of nitrogens with zero attached hydrogens (tertiary/aromatic N) is 1. The van der Waals surface area contributed by atoms with Crippen molar-refractivity contribution < 1.29 is 13.2 Å². The largest absolute Gasteiger partial charge is 0.321 e. The third-order valence-electron chi connectivity index (χ3n) is 5.82. The van der Waals surface area contributed by atoms with Gasteiger partial charge in [-0.15, -0.1) is 0 Å². The normalized spacial score (nSPS) is 15.8. The van der Waals surface area contributed by atoms with Gasteiger partial charge in [0.15, 0.2) is 0 Å². The Morgan fingerprint density at radius 2 is 1.63 bits per heavy atom. The highest BCUT2D eigenvalue weighted by Crippen LogP contribution is 2.29. The van der Waals surface area contributed by atoms with Gasteiger partial charge in [0.05, 0.1) is 4.90 Å². The van der Waals surface area contributed by atoms with Gasteiger partial charge in [-0.05, 0) is 61.4 Å². The molecule has 30 heavy (non-hydrogen) atoms. The molecule has 1 fully saturated rings. The van der Waals surface area contributed by atoms with E-state index in [9.17, 15) is 13.2 Å². The van der Waals surface area contributed by atoms with Crippen molar-refractivity contribution >= 4 is 21.6 Å². The predicted molar refractivity (Wildman–Crippen MR) is 122 cm³/mol. The summed E-state index contributed by atoms with van der Waals surface area (Å²) in [5.41, 5.74) is 4.00. The fourth-order valence-electron chi connectivity index (χ4n) is 3.96. The van der Waals surface area contributed by atoms with Gasteiger partial charge < -0.3 is 5.32 Å². The highest BCUT2D eigenvalue weighted by Gasteiger charge is 2.26. The zero-order valence-electron chi connectivity index (χ0n) is 18.4. The number of hydrogen-bond acceptors (Lipinski definition) is 3. The van der Waals surface area contributed by atoms with Gasteiger partial charge in [-0.3, -0.25) is 4.79 Å². The SMILES string of the molecule is Cc1ccc(S(=O)(=O)N2CCCCCC2)cc1C(=O)Nc1c(C)cccc1C(C)C. The quantitative estimate of drug-likeness (QED) is 0.708. The molecule has 1 N–H and O–H groups in total. The Labute approximate surface area is 180 Å². The number of sulfonamides is 1. The monoisotopic (exact) mass is 428 g/mol. The summed E-state index contributed by atoms with van der Waals surface area (Å²) in [5.74, 6) is -0.0207. The van der Waals surface area contributed by atoms with Gasteiger partial charge in [-0.1, -0.05) is 51.0 Å². The lowest BCUT2D eigenvalue weighted by Gasteiger charge is -2.21. The molecule has 0 aliphatic carbocycles. The fraction of sp³-hybridized carbons (Fsp3) is 0.458. The molecule has 0 radical (unpaired) electrons. The van der Waals surface area contributed by atoms with Crippen LogP contribution in [0.4, 0.5) is 5.69 Å². The van der Waals surface area contributed by atoms with Crippen molar-refractivity contribution in [3.63, 3.8) is 0 Å². The Balaban J connectivity index is 1.93. The van der Waals surface area contributed by atoms with Crippen molar-refractivity contribution in [2.45, 2.75) is 64.2 Å². The Morgan fingerprint density at radius 3 is 2.27 bits per heavy atom. The van der Waals surface area contributed by atoms with E-state index in [-0.39, 0.29) is 16.7 Å². The molecule has 1 aliphatic rings. The van der Waals surface area contributed by atoms with Gasteiger partial charge in [0.25, 0.3) is 5.91 Å². The van der Waals surface area contributed by atoms with Crippen LogP contribution in [0.3, 0.4) is 0 Å². The number of benzene rings is 2. The Morgan fingerprint density at radius 1 is 0.967 bits per heavy atom. The predicted octanol–water partition coefficient (Wildman–Crippen LogP) is 5.24. The first-order chi connectivity index (χ1) is 14.2. The molecule has 2 aromatic rings. The van der Waals surface area contributed by atoms with Crippen molar-refractivity contribution in [2.24, 2.45) is 0 Å². The molecule has 0 atom stereocenters. The molecule has 1 saturated heterocycles. The zero-order valence-corrected chi connectivity index (χ0v) is 19.2. The lowest BCUT2D eigenvalue weighted by molar-refractivity contribution is 0.102. The number of rotatable bonds is 5. The molecular weight excluding hydrogens is 396 g/mol. The summed E-state index contributed by atoms with van der Waals surface area (Å²) in [4.78, 5) is 13.3. The number of amides is 1. The molecule has 0 bridgehead atoms. The van der Waals surface area contributed by atoms with E-state index in [1.165, 1.54) is 6.07 Å². The smallest absolute Gasteiger partial charge is 0.255 e. The lowest BCUT2D eigenvalue weighted by Crippen LogP contribution is -2.32. The molecule has 0 saturated carbocycles. The van der Waals surface area contributed by atoms with Gasteiger partial charge >= 0.3 is 0 Å². The number of nitrogens with one attached hydrogen (secondary N) is 1. The van der Waals surface area contributed by atoms with E-state index < -0.39 is 10.0 Å². The molecule has 162 valence electrons. The van der Waals surface area contributed by atoms with Gasteiger partial charge in [0, 0.05) is 24.3 Å². The molecule has 1 aliphatic heterocycles. The van der Waals surface area contributed by atoms with Crippen LogP contribution in [0.15, 0.2) is 41.3 Å². The van der Waals surface area contributed by atoms with Crippen molar-refractivity contribution in [1.29, 1.82) is 0 Å². The van der Waals surface area contributed by atoms with Crippen molar-refractivity contribution in [1.82, 2.24) is 4.31 Å². The third-order valence-corrected chi connectivity index (χ3v) is 7.72. The maximum atomic E-state index is 13.2. The standard InChI is InChI=1S/C24H32N2O3S/c1-17(2)21-11-9-10-19(4)23(21)25-24(27)22-16-20(13-12-18(22)3)30(28,29)26-14-7-5-6-8-15-26/h9-13,16-17H,5-8,14-15H2,1-4H3,(H,25,27). The molecule has 2 aromatic carbocycles. The van der Waals surface area contributed by atoms with Gasteiger partial charge in [-0.25, -0.2) is 8.42 Å². The molecule has 5 nitrogen and oxygen atoms in total. The van der Waals surface area contributed by atoms with E-state index in [2.05, 4.69) is 19.2 Å². The minimum Gasteiger partial charge on any atom is -0.321 e. The summed E-state index contributed by atoms with van der Waals surface area (Å²) in [7, 11) is -3.61. The molecule has 0 unspecified atom stereocenters. The minimum absolute atomic E-state index is 0.189. The molecule has 6 heteroatoms. The number of carbonyl (C=O) groups is 1. The van der Waals surface area contributed by atoms with Crippen molar-refractivity contribution in [3.8, 4) is 0 Å². The van der Waals surface area contributed by atoms with Crippen LogP contribution >= 0.6 is 0 Å². The fourth-order valence-corrected chi connectivity index (χ4v) is 5.50. The topological polar surface area (TPSA) is 66.5 Å². The second-order valence-electron chi connectivity index (χ2n) is 8.44. The maximum absolute atomic E-state index is 13.2. The van der Waals surface area contributed by atoms with Crippen LogP contribution in [0.2, 0.25) is 0 Å². The van der Waals surface area contributed by atoms with E-state index in [1.807, 2.05) is 32.0 Å². The lowest BCUT2D eigenvalue weighted by atomic mass is 9.97. The van der Waals surface area contributed by atoms with Crippen LogP contribution in [0, 0.1) is 13.8 Å². The highest BCUT2D eigenvalue weighted by molar-refractivity contribution is 7.89. The summed E-state index contributed by atoms with van der Waals surface area (Å²) >= 11 is 0. The molecule has 0 aromatic heterocycles. The third kappa shape index (κ3) is 4.76. The minimum atomic E-state index is -3.61. The Kier molecular flexibility index (Phi) is 6.98. The van der Waals surface area contributed by atoms with E-state index in [4.69, 9.17) is 0 Å². The molecule has 0 spiro atoms. The summed E-state index contributed by atoms with van der Waals surface area (Å²) in [6.07, 6.45) is 3.87. The van der Waals surface area contributed by atoms with Gasteiger partial charge in [0.1, 0.15) is 0 Å². The average molecular weight is 429 g/mol. The number of hydrogen-bond donors (Lipinski definition) is 1. The van der Waals surface area contributed by atoms with Crippen molar-refractivity contribution in [3.05, 3.63) is 58.7 Å². The molecule has 1 amide bonds. The second kappa shape index (κ2) is 9.31. The molecule has 3 rings (SSSR count). The van der Waals surface area contributed by atoms with Gasteiger partial charge in [-0.2, -0.15) is 4.31 Å². The van der Waals surface area contributed by atoms with E-state index >= 15 is 0 Å². The van der Waals surface area contributed by atoms with Crippen LogP contribution in [-0.2, 0) is 10.0 Å². The summed E-state index contributed by atoms with van der Waals surface area (Å²) in [6.45, 7) is 9.05. The number of anilines is 1. The number of aryl methyl sites for hydroxylation is 2. The zero-order chi connectivity index (χ0) is 21.9. The maximum Gasteiger partial charge on any atom is 0.255 e. The van der Waals surface area contributed by atoms with E-state index in [0.29, 0.717) is 18.7 Å². The van der Waals surface area contributed by atoms with E-state index in [1.54, 1.807) is 16.4 Å². The second-order valence-corrected chi connectivity index (χ2v) is 10.4. The van der Waals surface area contributed by atoms with Crippen LogP contribution < -0.4 is 5.32 Å². The number of carbonyl (C=O) groups excluding carboxylic acids is 1. The summed E-state index contributed by atoms with van der Waals surface area (Å²) in [5, 5.41) is 3.04. The van der Waals surface area contributed by atoms with Gasteiger partial charge in [0.2, 0.25) is 10.0 Å². The first-order valence-electron chi connectivity index (χ1n) is 10.7. The van der Waals surface area contributed by atoms with Crippen LogP contribution in [0.1, 0.15) is 72.5 Å². The Hall–Kier alpha value is -2.18. The summed E-state index contributed by atoms with van der Waals surface area (Å²) in [6, 6.07) is 10.8. The Bertz CT molecular complexity index is 1020. The van der Waals surface area contributed by atoms with Crippen LogP contribution in [-0.4, -0.2) is 31.7 Å². The van der Waals surface area contributed by atoms with Crippen molar-refractivity contribution in [2.75, 3.05) is 18.4 Å². The molecule has 1 heterocycles. The summed E-state index contributed by atoms with van der Waals surface area (Å²) < 4.78 is 27.9. The van der Waals surface area contributed by atoms with Crippen LogP contribution in [0.25, 0.3) is 0 Å². The van der Waals surface area contributed by atoms with Crippen LogP contribution in [0.5, 0.6) is 0 Å². The first-order valence-corrected chi connectivity index (χ1v) is 12.2.